The van der Waals surface area contributed by atoms with Gasteiger partial charge in [0.25, 0.3) is 0 Å². The van der Waals surface area contributed by atoms with Crippen LogP contribution in [-0.2, 0) is 12.8 Å². The lowest BCUT2D eigenvalue weighted by atomic mass is 10.0. The molecule has 68 valence electrons. The molecule has 2 aromatic heterocycles. The highest BCUT2D eigenvalue weighted by Gasteiger charge is 2.07. The van der Waals surface area contributed by atoms with Crippen LogP contribution in [0.1, 0.15) is 22.5 Å². The Kier molecular flexibility index (Phi) is 1.56. The summed E-state index contributed by atoms with van der Waals surface area (Å²) in [5.41, 5.74) is 4.49. The molecule has 0 saturated heterocycles. The smallest absolute Gasteiger partial charge is 0.0634 e. The highest BCUT2D eigenvalue weighted by molar-refractivity contribution is 5.28. The first-order chi connectivity index (χ1) is 6.90. The third kappa shape index (κ3) is 1.27. The molecule has 0 radical (unpaired) electrons. The summed E-state index contributed by atoms with van der Waals surface area (Å²) < 4.78 is 0. The number of nitrogens with zero attached hydrogens (tertiary/aromatic N) is 3. The minimum atomic E-state index is 0.835. The Balaban J connectivity index is 2.17. The van der Waals surface area contributed by atoms with Gasteiger partial charge in [-0.25, -0.2) is 0 Å². The molecule has 0 unspecified atom stereocenters. The standard InChI is InChI=1S/C11H9N3/c1-8-2-10-6-13-7-11(14-10)3-9(1)5-12-4-8/h1,4-7H,2-3H2. The summed E-state index contributed by atoms with van der Waals surface area (Å²) in [6.45, 7) is 0. The van der Waals surface area contributed by atoms with E-state index < -0.39 is 0 Å². The molecular weight excluding hydrogens is 174 g/mol. The van der Waals surface area contributed by atoms with Gasteiger partial charge in [0.1, 0.15) is 0 Å². The first kappa shape index (κ1) is 7.62. The van der Waals surface area contributed by atoms with Crippen LogP contribution in [0.25, 0.3) is 0 Å². The Morgan fingerprint density at radius 3 is 2.00 bits per heavy atom. The Bertz CT molecular complexity index is 399. The predicted molar refractivity (Wildman–Crippen MR) is 51.9 cm³/mol. The van der Waals surface area contributed by atoms with Crippen molar-refractivity contribution in [3.05, 3.63) is 53.4 Å². The summed E-state index contributed by atoms with van der Waals surface area (Å²) in [4.78, 5) is 12.9. The van der Waals surface area contributed by atoms with Gasteiger partial charge in [-0.3, -0.25) is 15.0 Å². The molecule has 3 heteroatoms. The third-order valence-corrected chi connectivity index (χ3v) is 2.36. The predicted octanol–water partition coefficient (Wildman–Crippen LogP) is 1.37. The molecule has 14 heavy (non-hydrogen) atoms. The molecule has 0 fully saturated rings. The second kappa shape index (κ2) is 2.87. The molecular formula is C11H9N3. The van der Waals surface area contributed by atoms with Gasteiger partial charge < -0.3 is 0 Å². The molecule has 0 amide bonds. The van der Waals surface area contributed by atoms with Crippen LogP contribution in [0, 0.1) is 0 Å². The van der Waals surface area contributed by atoms with Crippen molar-refractivity contribution in [3.63, 3.8) is 0 Å². The van der Waals surface area contributed by atoms with Crippen LogP contribution < -0.4 is 0 Å². The zero-order valence-corrected chi connectivity index (χ0v) is 7.64. The molecule has 3 rings (SSSR count). The maximum absolute atomic E-state index is 4.51. The van der Waals surface area contributed by atoms with Gasteiger partial charge in [0, 0.05) is 37.6 Å². The van der Waals surface area contributed by atoms with E-state index in [-0.39, 0.29) is 0 Å². The van der Waals surface area contributed by atoms with Crippen LogP contribution >= 0.6 is 0 Å². The maximum Gasteiger partial charge on any atom is 0.0634 e. The average Bonchev–Trinajstić information content (AvgIpc) is 2.17. The van der Waals surface area contributed by atoms with Crippen LogP contribution in [0.5, 0.6) is 0 Å². The summed E-state index contributed by atoms with van der Waals surface area (Å²) in [7, 11) is 0. The Labute approximate surface area is 81.9 Å². The molecule has 0 spiro atoms. The first-order valence-electron chi connectivity index (χ1n) is 4.63. The highest BCUT2D eigenvalue weighted by Crippen LogP contribution is 2.14. The lowest BCUT2D eigenvalue weighted by Crippen LogP contribution is -2.04. The molecule has 0 aliphatic carbocycles. The van der Waals surface area contributed by atoms with E-state index in [9.17, 15) is 0 Å². The minimum Gasteiger partial charge on any atom is -0.264 e. The Morgan fingerprint density at radius 1 is 0.786 bits per heavy atom. The van der Waals surface area contributed by atoms with E-state index in [2.05, 4.69) is 21.0 Å². The van der Waals surface area contributed by atoms with Crippen LogP contribution in [0.3, 0.4) is 0 Å². The molecule has 1 aliphatic heterocycles. The van der Waals surface area contributed by atoms with E-state index in [0.717, 1.165) is 24.2 Å². The maximum atomic E-state index is 4.51. The molecule has 0 atom stereocenters. The zero-order valence-electron chi connectivity index (χ0n) is 7.64. The molecule has 1 aliphatic rings. The fourth-order valence-electron chi connectivity index (χ4n) is 1.77. The van der Waals surface area contributed by atoms with Crippen molar-refractivity contribution in [2.24, 2.45) is 0 Å². The van der Waals surface area contributed by atoms with Crippen molar-refractivity contribution in [1.29, 1.82) is 0 Å². The summed E-state index contributed by atoms with van der Waals surface area (Å²) in [6.07, 6.45) is 9.10. The van der Waals surface area contributed by atoms with Crippen LogP contribution in [0.15, 0.2) is 30.9 Å². The van der Waals surface area contributed by atoms with Gasteiger partial charge in [-0.15, -0.1) is 0 Å². The number of rotatable bonds is 0. The van der Waals surface area contributed by atoms with E-state index in [1.54, 1.807) is 0 Å². The minimum absolute atomic E-state index is 0.835. The number of fused-ring (bicyclic) bond motifs is 4. The van der Waals surface area contributed by atoms with Crippen molar-refractivity contribution in [2.75, 3.05) is 0 Å². The Hall–Kier alpha value is -1.77. The number of hydrogen-bond donors (Lipinski definition) is 0. The largest absolute Gasteiger partial charge is 0.264 e. The normalized spacial score (nSPS) is 13.1. The first-order valence-corrected chi connectivity index (χ1v) is 4.63. The fraction of sp³-hybridized carbons (Fsp3) is 0.182. The van der Waals surface area contributed by atoms with Crippen molar-refractivity contribution >= 4 is 0 Å². The van der Waals surface area contributed by atoms with E-state index in [0.29, 0.717) is 0 Å². The van der Waals surface area contributed by atoms with Crippen molar-refractivity contribution in [3.8, 4) is 0 Å². The molecule has 0 N–H and O–H groups in total. The van der Waals surface area contributed by atoms with Gasteiger partial charge in [0.05, 0.1) is 11.4 Å². The molecule has 2 aromatic rings. The average molecular weight is 183 g/mol. The molecule has 3 heterocycles. The van der Waals surface area contributed by atoms with Crippen molar-refractivity contribution in [2.45, 2.75) is 12.8 Å². The topological polar surface area (TPSA) is 38.7 Å². The van der Waals surface area contributed by atoms with Gasteiger partial charge in [-0.1, -0.05) is 6.07 Å². The van der Waals surface area contributed by atoms with Crippen molar-refractivity contribution < 1.29 is 0 Å². The lowest BCUT2D eigenvalue weighted by Gasteiger charge is -2.09. The van der Waals surface area contributed by atoms with E-state index in [1.165, 1.54) is 11.1 Å². The zero-order chi connectivity index (χ0) is 9.38. The van der Waals surface area contributed by atoms with Crippen LogP contribution in [-0.4, -0.2) is 15.0 Å². The van der Waals surface area contributed by atoms with Crippen molar-refractivity contribution in [1.82, 2.24) is 15.0 Å². The highest BCUT2D eigenvalue weighted by atomic mass is 14.8. The third-order valence-electron chi connectivity index (χ3n) is 2.36. The van der Waals surface area contributed by atoms with Gasteiger partial charge in [0.2, 0.25) is 0 Å². The molecule has 0 saturated carbocycles. The Morgan fingerprint density at radius 2 is 1.36 bits per heavy atom. The van der Waals surface area contributed by atoms with E-state index in [4.69, 9.17) is 0 Å². The quantitative estimate of drug-likeness (QED) is 0.528. The monoisotopic (exact) mass is 183 g/mol. The van der Waals surface area contributed by atoms with Gasteiger partial charge in [-0.2, -0.15) is 0 Å². The molecule has 0 aromatic carbocycles. The van der Waals surface area contributed by atoms with Crippen LogP contribution in [0.2, 0.25) is 0 Å². The summed E-state index contributed by atoms with van der Waals surface area (Å²) in [5.74, 6) is 0. The number of aromatic nitrogens is 3. The SMILES string of the molecule is c1ncc2cc1Cc1cncc(n1)C2. The molecule has 4 bridgehead atoms. The van der Waals surface area contributed by atoms with Gasteiger partial charge in [0.15, 0.2) is 0 Å². The van der Waals surface area contributed by atoms with Gasteiger partial charge in [-0.05, 0) is 11.1 Å². The summed E-state index contributed by atoms with van der Waals surface area (Å²) >= 11 is 0. The van der Waals surface area contributed by atoms with Gasteiger partial charge >= 0.3 is 0 Å². The summed E-state index contributed by atoms with van der Waals surface area (Å²) in [6, 6.07) is 2.19. The summed E-state index contributed by atoms with van der Waals surface area (Å²) in [5, 5.41) is 0. The van der Waals surface area contributed by atoms with E-state index >= 15 is 0 Å². The fourth-order valence-corrected chi connectivity index (χ4v) is 1.77. The second-order valence-electron chi connectivity index (χ2n) is 3.56. The van der Waals surface area contributed by atoms with Crippen LogP contribution in [0.4, 0.5) is 0 Å². The number of hydrogen-bond acceptors (Lipinski definition) is 3. The number of pyridine rings is 1. The lowest BCUT2D eigenvalue weighted by molar-refractivity contribution is 0.919. The van der Waals surface area contributed by atoms with E-state index in [1.807, 2.05) is 24.8 Å². The molecule has 3 nitrogen and oxygen atoms in total. The second-order valence-corrected chi connectivity index (χ2v) is 3.56.